The van der Waals surface area contributed by atoms with E-state index in [2.05, 4.69) is 0 Å². The molecule has 1 spiro atoms. The van der Waals surface area contributed by atoms with E-state index in [1.807, 2.05) is 0 Å². The first-order valence-corrected chi connectivity index (χ1v) is 6.68. The first-order valence-electron chi connectivity index (χ1n) is 6.68. The molecule has 1 aromatic rings. The molecule has 0 bridgehead atoms. The van der Waals surface area contributed by atoms with Crippen LogP contribution in [0.3, 0.4) is 0 Å². The van der Waals surface area contributed by atoms with Crippen LogP contribution >= 0.6 is 0 Å². The van der Waals surface area contributed by atoms with Crippen molar-refractivity contribution in [2.75, 3.05) is 0 Å². The van der Waals surface area contributed by atoms with Crippen LogP contribution in [0.5, 0.6) is 5.75 Å². The highest BCUT2D eigenvalue weighted by molar-refractivity contribution is 5.92. The van der Waals surface area contributed by atoms with E-state index in [0.29, 0.717) is 17.7 Å². The summed E-state index contributed by atoms with van der Waals surface area (Å²) in [6.07, 6.45) is 4.02. The maximum Gasteiger partial charge on any atom is 0.162 e. The molecular formula is C15H16F2O2. The summed E-state index contributed by atoms with van der Waals surface area (Å²) in [4.78, 5) is 11.8. The zero-order chi connectivity index (χ0) is 13.6. The molecule has 0 aliphatic heterocycles. The summed E-state index contributed by atoms with van der Waals surface area (Å²) >= 11 is 0. The van der Waals surface area contributed by atoms with Crippen LogP contribution in [0.1, 0.15) is 37.7 Å². The predicted octanol–water partition coefficient (Wildman–Crippen LogP) is 3.55. The normalized spacial score (nSPS) is 24.6. The fourth-order valence-corrected chi connectivity index (χ4v) is 3.28. The SMILES string of the molecule is Cc1cc(F)c(F)cc1OC1CC(=O)C12CCCC2. The number of aryl methyl sites for hydroxylation is 1. The van der Waals surface area contributed by atoms with Crippen LogP contribution in [0.15, 0.2) is 12.1 Å². The van der Waals surface area contributed by atoms with Gasteiger partial charge in [-0.3, -0.25) is 4.79 Å². The summed E-state index contributed by atoms with van der Waals surface area (Å²) in [6.45, 7) is 1.68. The zero-order valence-corrected chi connectivity index (χ0v) is 10.8. The minimum atomic E-state index is -0.910. The van der Waals surface area contributed by atoms with Crippen molar-refractivity contribution in [1.29, 1.82) is 0 Å². The summed E-state index contributed by atoms with van der Waals surface area (Å²) in [7, 11) is 0. The van der Waals surface area contributed by atoms with E-state index in [0.717, 1.165) is 37.8 Å². The van der Waals surface area contributed by atoms with E-state index in [9.17, 15) is 13.6 Å². The van der Waals surface area contributed by atoms with Crippen molar-refractivity contribution in [3.63, 3.8) is 0 Å². The molecule has 1 atom stereocenters. The molecule has 102 valence electrons. The average molecular weight is 266 g/mol. The van der Waals surface area contributed by atoms with Crippen LogP contribution in [0.4, 0.5) is 8.78 Å². The number of ether oxygens (including phenoxy) is 1. The van der Waals surface area contributed by atoms with Gasteiger partial charge in [-0.2, -0.15) is 0 Å². The second kappa shape index (κ2) is 4.29. The summed E-state index contributed by atoms with van der Waals surface area (Å²) < 4.78 is 32.1. The van der Waals surface area contributed by atoms with E-state index >= 15 is 0 Å². The van der Waals surface area contributed by atoms with Gasteiger partial charge in [0.1, 0.15) is 17.6 Å². The van der Waals surface area contributed by atoms with E-state index in [-0.39, 0.29) is 17.3 Å². The molecular weight excluding hydrogens is 250 g/mol. The van der Waals surface area contributed by atoms with Gasteiger partial charge in [-0.25, -0.2) is 8.78 Å². The molecule has 2 aliphatic carbocycles. The Morgan fingerprint density at radius 2 is 1.84 bits per heavy atom. The molecule has 4 heteroatoms. The fourth-order valence-electron chi connectivity index (χ4n) is 3.28. The molecule has 2 saturated carbocycles. The molecule has 1 unspecified atom stereocenters. The third kappa shape index (κ3) is 1.85. The van der Waals surface area contributed by atoms with E-state index in [4.69, 9.17) is 4.74 Å². The lowest BCUT2D eigenvalue weighted by Crippen LogP contribution is -2.55. The van der Waals surface area contributed by atoms with Crippen LogP contribution in [-0.2, 0) is 4.79 Å². The van der Waals surface area contributed by atoms with Crippen LogP contribution < -0.4 is 4.74 Å². The molecule has 0 saturated heterocycles. The van der Waals surface area contributed by atoms with Gasteiger partial charge < -0.3 is 4.74 Å². The minimum absolute atomic E-state index is 0.175. The minimum Gasteiger partial charge on any atom is -0.489 e. The lowest BCUT2D eigenvalue weighted by molar-refractivity contribution is -0.151. The largest absolute Gasteiger partial charge is 0.489 e. The van der Waals surface area contributed by atoms with Crippen LogP contribution in [0, 0.1) is 24.0 Å². The number of benzene rings is 1. The number of rotatable bonds is 2. The average Bonchev–Trinajstić information content (AvgIpc) is 2.87. The highest BCUT2D eigenvalue weighted by Gasteiger charge is 2.57. The molecule has 0 heterocycles. The van der Waals surface area contributed by atoms with Gasteiger partial charge in [-0.15, -0.1) is 0 Å². The second-order valence-electron chi connectivity index (χ2n) is 5.63. The van der Waals surface area contributed by atoms with Crippen molar-refractivity contribution < 1.29 is 18.3 Å². The lowest BCUT2D eigenvalue weighted by atomic mass is 9.63. The second-order valence-corrected chi connectivity index (χ2v) is 5.63. The van der Waals surface area contributed by atoms with Crippen molar-refractivity contribution >= 4 is 5.78 Å². The van der Waals surface area contributed by atoms with Gasteiger partial charge >= 0.3 is 0 Å². The van der Waals surface area contributed by atoms with Crippen molar-refractivity contribution in [2.24, 2.45) is 5.41 Å². The molecule has 3 rings (SSSR count). The third-order valence-corrected chi connectivity index (χ3v) is 4.53. The first kappa shape index (κ1) is 12.6. The van der Waals surface area contributed by atoms with Crippen molar-refractivity contribution in [3.8, 4) is 5.75 Å². The number of hydrogen-bond acceptors (Lipinski definition) is 2. The third-order valence-electron chi connectivity index (χ3n) is 4.53. The highest BCUT2D eigenvalue weighted by Crippen LogP contribution is 2.52. The number of halogens is 2. The molecule has 0 amide bonds. The van der Waals surface area contributed by atoms with Gasteiger partial charge in [0.25, 0.3) is 0 Å². The Hall–Kier alpha value is -1.45. The summed E-state index contributed by atoms with van der Waals surface area (Å²) in [6, 6.07) is 2.21. The topological polar surface area (TPSA) is 26.3 Å². The molecule has 2 aliphatic rings. The Morgan fingerprint density at radius 1 is 1.21 bits per heavy atom. The quantitative estimate of drug-likeness (QED) is 0.818. The Kier molecular flexibility index (Phi) is 2.84. The lowest BCUT2D eigenvalue weighted by Gasteiger charge is -2.44. The molecule has 2 nitrogen and oxygen atoms in total. The van der Waals surface area contributed by atoms with Gasteiger partial charge in [-0.05, 0) is 31.4 Å². The van der Waals surface area contributed by atoms with Gasteiger partial charge in [0.15, 0.2) is 11.6 Å². The summed E-state index contributed by atoms with van der Waals surface area (Å²) in [5.41, 5.74) is 0.212. The predicted molar refractivity (Wildman–Crippen MR) is 66.0 cm³/mol. The molecule has 1 aromatic carbocycles. The number of Topliss-reactive ketones (excluding diaryl/α,β-unsaturated/α-hetero) is 1. The smallest absolute Gasteiger partial charge is 0.162 e. The molecule has 0 radical (unpaired) electrons. The van der Waals surface area contributed by atoms with Gasteiger partial charge in [0.2, 0.25) is 0 Å². The van der Waals surface area contributed by atoms with E-state index in [1.54, 1.807) is 6.92 Å². The highest BCUT2D eigenvalue weighted by atomic mass is 19.2. The first-order chi connectivity index (χ1) is 9.03. The Labute approximate surface area is 110 Å². The van der Waals surface area contributed by atoms with E-state index < -0.39 is 11.6 Å². The van der Waals surface area contributed by atoms with Crippen molar-refractivity contribution in [2.45, 2.75) is 45.1 Å². The maximum atomic E-state index is 13.3. The van der Waals surface area contributed by atoms with E-state index in [1.165, 1.54) is 0 Å². The maximum absolute atomic E-state index is 13.3. The Morgan fingerprint density at radius 3 is 2.47 bits per heavy atom. The summed E-state index contributed by atoms with van der Waals surface area (Å²) in [5.74, 6) is -1.17. The Balaban J connectivity index is 1.83. The van der Waals surface area contributed by atoms with Gasteiger partial charge in [0, 0.05) is 12.5 Å². The van der Waals surface area contributed by atoms with Crippen LogP contribution in [0.2, 0.25) is 0 Å². The van der Waals surface area contributed by atoms with Crippen LogP contribution in [-0.4, -0.2) is 11.9 Å². The molecule has 0 N–H and O–H groups in total. The molecule has 0 aromatic heterocycles. The van der Waals surface area contributed by atoms with Crippen molar-refractivity contribution in [3.05, 3.63) is 29.3 Å². The number of hydrogen-bond donors (Lipinski definition) is 0. The monoisotopic (exact) mass is 266 g/mol. The number of carbonyl (C=O) groups excluding carboxylic acids is 1. The van der Waals surface area contributed by atoms with Crippen molar-refractivity contribution in [1.82, 2.24) is 0 Å². The molecule has 2 fully saturated rings. The number of ketones is 1. The van der Waals surface area contributed by atoms with Gasteiger partial charge in [-0.1, -0.05) is 12.8 Å². The standard InChI is InChI=1S/C15H16F2O2/c1-9-6-10(16)11(17)7-12(9)19-14-8-13(18)15(14)4-2-3-5-15/h6-7,14H,2-5,8H2,1H3. The number of carbonyl (C=O) groups is 1. The fraction of sp³-hybridized carbons (Fsp3) is 0.533. The van der Waals surface area contributed by atoms with Gasteiger partial charge in [0.05, 0.1) is 5.41 Å². The summed E-state index contributed by atoms with van der Waals surface area (Å²) in [5, 5.41) is 0. The zero-order valence-electron chi connectivity index (χ0n) is 10.8. The Bertz CT molecular complexity index is 533. The molecule has 19 heavy (non-hydrogen) atoms. The van der Waals surface area contributed by atoms with Crippen LogP contribution in [0.25, 0.3) is 0 Å².